The summed E-state index contributed by atoms with van der Waals surface area (Å²) in [5, 5.41) is 3.92. The van der Waals surface area contributed by atoms with Gasteiger partial charge in [-0.05, 0) is 36.1 Å². The number of carbonyl (C=O) groups is 1. The number of hydrogen-bond donors (Lipinski definition) is 1. The highest BCUT2D eigenvalue weighted by Crippen LogP contribution is 2.18. The van der Waals surface area contributed by atoms with Gasteiger partial charge < -0.3 is 5.32 Å². The van der Waals surface area contributed by atoms with Crippen LogP contribution in [0.5, 0.6) is 0 Å². The van der Waals surface area contributed by atoms with Crippen LogP contribution in [0.1, 0.15) is 17.5 Å². The third-order valence-electron chi connectivity index (χ3n) is 4.00. The smallest absolute Gasteiger partial charge is 0.235 e. The molecule has 2 rings (SSSR count). The Balaban J connectivity index is 1.87. The number of amides is 1. The van der Waals surface area contributed by atoms with Gasteiger partial charge >= 0.3 is 0 Å². The molecule has 5 nitrogen and oxygen atoms in total. The van der Waals surface area contributed by atoms with E-state index in [1.807, 2.05) is 24.3 Å². The zero-order valence-corrected chi connectivity index (χ0v) is 17.3. The van der Waals surface area contributed by atoms with Crippen molar-refractivity contribution in [2.45, 2.75) is 19.4 Å². The molecule has 146 valence electrons. The number of nitrogens with one attached hydrogen (secondary N) is 1. The molecule has 0 saturated carbocycles. The van der Waals surface area contributed by atoms with Crippen LogP contribution in [-0.2, 0) is 27.8 Å². The molecule has 0 unspecified atom stereocenters. The van der Waals surface area contributed by atoms with Crippen molar-refractivity contribution in [3.05, 3.63) is 69.7 Å². The molecule has 0 aliphatic carbocycles. The molecule has 2 aromatic carbocycles. The molecule has 0 aromatic heterocycles. The van der Waals surface area contributed by atoms with E-state index in [4.69, 9.17) is 23.2 Å². The summed E-state index contributed by atoms with van der Waals surface area (Å²) in [4.78, 5) is 12.2. The van der Waals surface area contributed by atoms with Gasteiger partial charge in [-0.3, -0.25) is 4.79 Å². The van der Waals surface area contributed by atoms with Crippen LogP contribution in [-0.4, -0.2) is 38.0 Å². The predicted octanol–water partition coefficient (Wildman–Crippen LogP) is 3.50. The zero-order valence-electron chi connectivity index (χ0n) is 15.0. The fraction of sp³-hybridized carbons (Fsp3) is 0.316. The second kappa shape index (κ2) is 10.1. The molecule has 0 spiro atoms. The molecule has 0 bridgehead atoms. The van der Waals surface area contributed by atoms with Crippen molar-refractivity contribution < 1.29 is 13.2 Å². The summed E-state index contributed by atoms with van der Waals surface area (Å²) < 4.78 is 25.2. The van der Waals surface area contributed by atoms with Crippen LogP contribution in [0.2, 0.25) is 10.0 Å². The van der Waals surface area contributed by atoms with Crippen LogP contribution in [0.15, 0.2) is 48.5 Å². The van der Waals surface area contributed by atoms with E-state index in [-0.39, 0.29) is 19.0 Å². The maximum atomic E-state index is 12.2. The van der Waals surface area contributed by atoms with Gasteiger partial charge in [0, 0.05) is 23.1 Å². The van der Waals surface area contributed by atoms with E-state index in [0.717, 1.165) is 22.5 Å². The second-order valence-electron chi connectivity index (χ2n) is 6.17. The minimum atomic E-state index is -3.56. The number of benzene rings is 2. The monoisotopic (exact) mass is 428 g/mol. The Hall–Kier alpha value is -1.60. The molecule has 8 heteroatoms. The molecule has 0 fully saturated rings. The number of aryl methyl sites for hydroxylation is 1. The van der Waals surface area contributed by atoms with E-state index >= 15 is 0 Å². The van der Waals surface area contributed by atoms with Gasteiger partial charge in [-0.15, -0.1) is 0 Å². The Morgan fingerprint density at radius 2 is 1.56 bits per heavy atom. The van der Waals surface area contributed by atoms with Gasteiger partial charge in [0.2, 0.25) is 15.9 Å². The molecule has 0 radical (unpaired) electrons. The van der Waals surface area contributed by atoms with Crippen molar-refractivity contribution in [3.8, 4) is 0 Å². The fourth-order valence-electron chi connectivity index (χ4n) is 2.53. The third kappa shape index (κ3) is 7.14. The highest BCUT2D eigenvalue weighted by molar-refractivity contribution is 7.88. The van der Waals surface area contributed by atoms with Crippen LogP contribution in [0, 0.1) is 0 Å². The molecular formula is C19H22Cl2N2O3S. The lowest BCUT2D eigenvalue weighted by molar-refractivity contribution is -0.121. The molecule has 1 N–H and O–H groups in total. The van der Waals surface area contributed by atoms with E-state index in [1.54, 1.807) is 24.3 Å². The standard InChI is InChI=1S/C19H22Cl2N2O3S/c1-27(25,26)23(13-16-8-3-5-11-18(16)21)14-19(24)22-12-6-9-15-7-2-4-10-17(15)20/h2-5,7-8,10-11H,6,9,12-14H2,1H3,(H,22,24). The van der Waals surface area contributed by atoms with Crippen LogP contribution < -0.4 is 5.32 Å². The summed E-state index contributed by atoms with van der Waals surface area (Å²) in [6.07, 6.45) is 2.52. The average Bonchev–Trinajstić information content (AvgIpc) is 2.60. The zero-order chi connectivity index (χ0) is 19.9. The fourth-order valence-corrected chi connectivity index (χ4v) is 3.68. The predicted molar refractivity (Wildman–Crippen MR) is 109 cm³/mol. The summed E-state index contributed by atoms with van der Waals surface area (Å²) in [5.41, 5.74) is 1.67. The van der Waals surface area contributed by atoms with Crippen molar-refractivity contribution in [2.75, 3.05) is 19.3 Å². The van der Waals surface area contributed by atoms with Crippen LogP contribution in [0.4, 0.5) is 0 Å². The Morgan fingerprint density at radius 3 is 2.11 bits per heavy atom. The topological polar surface area (TPSA) is 66.5 Å². The first-order valence-electron chi connectivity index (χ1n) is 8.46. The van der Waals surface area contributed by atoms with E-state index < -0.39 is 10.0 Å². The van der Waals surface area contributed by atoms with Crippen molar-refractivity contribution in [2.24, 2.45) is 0 Å². The molecule has 0 heterocycles. The maximum Gasteiger partial charge on any atom is 0.235 e. The van der Waals surface area contributed by atoms with E-state index in [1.165, 1.54) is 0 Å². The van der Waals surface area contributed by atoms with Crippen LogP contribution in [0.25, 0.3) is 0 Å². The molecule has 27 heavy (non-hydrogen) atoms. The quantitative estimate of drug-likeness (QED) is 0.621. The summed E-state index contributed by atoms with van der Waals surface area (Å²) in [6.45, 7) is 0.232. The first kappa shape index (κ1) is 21.7. The summed E-state index contributed by atoms with van der Waals surface area (Å²) in [7, 11) is -3.56. The lowest BCUT2D eigenvalue weighted by atomic mass is 10.1. The van der Waals surface area contributed by atoms with Crippen LogP contribution in [0.3, 0.4) is 0 Å². The van der Waals surface area contributed by atoms with Crippen molar-refractivity contribution in [1.82, 2.24) is 9.62 Å². The third-order valence-corrected chi connectivity index (χ3v) is 5.93. The first-order valence-corrected chi connectivity index (χ1v) is 11.1. The summed E-state index contributed by atoms with van der Waals surface area (Å²) in [5.74, 6) is -0.355. The van der Waals surface area contributed by atoms with Gasteiger partial charge in [-0.2, -0.15) is 4.31 Å². The number of rotatable bonds is 9. The first-order chi connectivity index (χ1) is 12.8. The number of nitrogens with zero attached hydrogens (tertiary/aromatic N) is 1. The summed E-state index contributed by atoms with van der Waals surface area (Å²) in [6, 6.07) is 14.5. The molecule has 1 amide bonds. The highest BCUT2D eigenvalue weighted by atomic mass is 35.5. The molecule has 2 aromatic rings. The van der Waals surface area contributed by atoms with Gasteiger partial charge in [-0.25, -0.2) is 8.42 Å². The molecule has 0 aliphatic rings. The minimum absolute atomic E-state index is 0.0472. The molecule has 0 aliphatic heterocycles. The Morgan fingerprint density at radius 1 is 1.00 bits per heavy atom. The lowest BCUT2D eigenvalue weighted by Gasteiger charge is -2.20. The maximum absolute atomic E-state index is 12.2. The minimum Gasteiger partial charge on any atom is -0.355 e. The summed E-state index contributed by atoms with van der Waals surface area (Å²) >= 11 is 12.2. The lowest BCUT2D eigenvalue weighted by Crippen LogP contribution is -2.40. The Labute approximate surface area is 170 Å². The largest absolute Gasteiger partial charge is 0.355 e. The number of carbonyl (C=O) groups excluding carboxylic acids is 1. The number of halogens is 2. The normalized spacial score (nSPS) is 11.6. The highest BCUT2D eigenvalue weighted by Gasteiger charge is 2.21. The van der Waals surface area contributed by atoms with Crippen molar-refractivity contribution >= 4 is 39.1 Å². The molecular weight excluding hydrogens is 407 g/mol. The van der Waals surface area contributed by atoms with E-state index in [2.05, 4.69) is 5.32 Å². The van der Waals surface area contributed by atoms with Gasteiger partial charge in [0.1, 0.15) is 0 Å². The molecule has 0 atom stereocenters. The van der Waals surface area contributed by atoms with Gasteiger partial charge in [-0.1, -0.05) is 59.6 Å². The van der Waals surface area contributed by atoms with Crippen molar-refractivity contribution in [1.29, 1.82) is 0 Å². The van der Waals surface area contributed by atoms with Gasteiger partial charge in [0.25, 0.3) is 0 Å². The second-order valence-corrected chi connectivity index (χ2v) is 8.96. The number of hydrogen-bond acceptors (Lipinski definition) is 3. The van der Waals surface area contributed by atoms with Gasteiger partial charge in [0.05, 0.1) is 12.8 Å². The Kier molecular flexibility index (Phi) is 8.10. The van der Waals surface area contributed by atoms with E-state index in [9.17, 15) is 13.2 Å². The van der Waals surface area contributed by atoms with Gasteiger partial charge in [0.15, 0.2) is 0 Å². The van der Waals surface area contributed by atoms with E-state index in [0.29, 0.717) is 28.6 Å². The van der Waals surface area contributed by atoms with Crippen molar-refractivity contribution in [3.63, 3.8) is 0 Å². The average molecular weight is 429 g/mol. The SMILES string of the molecule is CS(=O)(=O)N(CC(=O)NCCCc1ccccc1Cl)Cc1ccccc1Cl. The number of sulfonamides is 1. The Bertz CT molecular complexity index is 888. The molecule has 0 saturated heterocycles. The van der Waals surface area contributed by atoms with Crippen LogP contribution >= 0.6 is 23.2 Å².